The molecular weight excluding hydrogens is 370 g/mol. The van der Waals surface area contributed by atoms with Crippen molar-refractivity contribution in [3.63, 3.8) is 0 Å². The highest BCUT2D eigenvalue weighted by Gasteiger charge is 2.16. The predicted molar refractivity (Wildman–Crippen MR) is 107 cm³/mol. The number of carbonyl (C=O) groups excluding carboxylic acids is 1. The molecule has 9 nitrogen and oxygen atoms in total. The van der Waals surface area contributed by atoms with E-state index in [-0.39, 0.29) is 11.6 Å². The lowest BCUT2D eigenvalue weighted by atomic mass is 10.2. The first-order chi connectivity index (χ1) is 14.1. The molecule has 3 aromatic heterocycles. The first-order valence-corrected chi connectivity index (χ1v) is 9.25. The molecule has 0 saturated carbocycles. The van der Waals surface area contributed by atoms with E-state index in [1.165, 1.54) is 0 Å². The Morgan fingerprint density at radius 1 is 1.17 bits per heavy atom. The summed E-state index contributed by atoms with van der Waals surface area (Å²) in [7, 11) is 0. The monoisotopic (exact) mass is 391 g/mol. The van der Waals surface area contributed by atoms with E-state index in [9.17, 15) is 4.79 Å². The van der Waals surface area contributed by atoms with Gasteiger partial charge in [-0.25, -0.2) is 4.52 Å². The smallest absolute Gasteiger partial charge is 0.278 e. The number of anilines is 1. The number of ether oxygens (including phenoxy) is 1. The Morgan fingerprint density at radius 3 is 2.83 bits per heavy atom. The number of nitrogens with zero attached hydrogens (tertiary/aromatic N) is 6. The van der Waals surface area contributed by atoms with Gasteiger partial charge in [0.05, 0.1) is 43.0 Å². The fraction of sp³-hybridized carbons (Fsp3) is 0.250. The van der Waals surface area contributed by atoms with Crippen LogP contribution in [0.2, 0.25) is 0 Å². The van der Waals surface area contributed by atoms with Crippen LogP contribution in [-0.4, -0.2) is 42.1 Å². The van der Waals surface area contributed by atoms with Crippen LogP contribution >= 0.6 is 0 Å². The molecule has 0 aliphatic carbocycles. The van der Waals surface area contributed by atoms with Crippen LogP contribution in [0.1, 0.15) is 27.4 Å². The predicted octanol–water partition coefficient (Wildman–Crippen LogP) is 2.41. The lowest BCUT2D eigenvalue weighted by Crippen LogP contribution is -2.18. The van der Waals surface area contributed by atoms with Crippen molar-refractivity contribution in [1.29, 1.82) is 0 Å². The van der Waals surface area contributed by atoms with E-state index in [1.54, 1.807) is 28.5 Å². The highest BCUT2D eigenvalue weighted by molar-refractivity contribution is 6.03. The van der Waals surface area contributed by atoms with Gasteiger partial charge in [0.25, 0.3) is 5.91 Å². The van der Waals surface area contributed by atoms with Gasteiger partial charge in [-0.15, -0.1) is 10.2 Å². The molecule has 0 saturated heterocycles. The minimum absolute atomic E-state index is 0.222. The van der Waals surface area contributed by atoms with Crippen molar-refractivity contribution in [2.45, 2.75) is 27.0 Å². The molecule has 148 valence electrons. The third kappa shape index (κ3) is 4.30. The summed E-state index contributed by atoms with van der Waals surface area (Å²) in [6.07, 6.45) is 3.34. The van der Waals surface area contributed by atoms with Gasteiger partial charge in [-0.3, -0.25) is 9.48 Å². The normalized spacial score (nSPS) is 11.1. The summed E-state index contributed by atoms with van der Waals surface area (Å²) in [6.45, 7) is 5.31. The van der Waals surface area contributed by atoms with E-state index in [0.29, 0.717) is 36.8 Å². The Labute approximate surface area is 167 Å². The van der Waals surface area contributed by atoms with Gasteiger partial charge in [-0.1, -0.05) is 30.3 Å². The molecule has 0 bridgehead atoms. The maximum absolute atomic E-state index is 12.6. The quantitative estimate of drug-likeness (QED) is 0.486. The van der Waals surface area contributed by atoms with Crippen LogP contribution in [0.25, 0.3) is 5.65 Å². The van der Waals surface area contributed by atoms with Crippen molar-refractivity contribution in [2.24, 2.45) is 0 Å². The van der Waals surface area contributed by atoms with Gasteiger partial charge in [0, 0.05) is 12.3 Å². The minimum atomic E-state index is -0.357. The molecule has 4 rings (SSSR count). The lowest BCUT2D eigenvalue weighted by Gasteiger charge is -2.06. The number of carbonyl (C=O) groups is 1. The molecule has 0 fully saturated rings. The standard InChI is InChI=1S/C20H21N7O2/c1-14-10-18-23-24-19(15(2)27(18)25-14)20(28)22-17-11-21-26(12-17)8-9-29-13-16-6-4-3-5-7-16/h3-7,10-12H,8-9,13H2,1-2H3,(H,22,28). The number of aromatic nitrogens is 6. The third-order valence-electron chi connectivity index (χ3n) is 4.41. The highest BCUT2D eigenvalue weighted by atomic mass is 16.5. The average Bonchev–Trinajstić information content (AvgIpc) is 3.32. The van der Waals surface area contributed by atoms with Gasteiger partial charge in [0.2, 0.25) is 0 Å². The summed E-state index contributed by atoms with van der Waals surface area (Å²) in [6, 6.07) is 11.8. The Morgan fingerprint density at radius 2 is 2.00 bits per heavy atom. The number of nitrogens with one attached hydrogen (secondary N) is 1. The third-order valence-corrected chi connectivity index (χ3v) is 4.41. The van der Waals surface area contributed by atoms with Crippen LogP contribution in [0.5, 0.6) is 0 Å². The van der Waals surface area contributed by atoms with Crippen LogP contribution in [0.3, 0.4) is 0 Å². The van der Waals surface area contributed by atoms with Crippen molar-refractivity contribution in [1.82, 2.24) is 29.6 Å². The number of rotatable bonds is 7. The maximum Gasteiger partial charge on any atom is 0.278 e. The second kappa shape index (κ2) is 8.19. The molecule has 1 N–H and O–H groups in total. The number of benzene rings is 1. The summed E-state index contributed by atoms with van der Waals surface area (Å²) in [5, 5.41) is 19.5. The highest BCUT2D eigenvalue weighted by Crippen LogP contribution is 2.12. The fourth-order valence-corrected chi connectivity index (χ4v) is 2.95. The topological polar surface area (TPSA) is 99.2 Å². The zero-order chi connectivity index (χ0) is 20.2. The van der Waals surface area contributed by atoms with E-state index >= 15 is 0 Å². The van der Waals surface area contributed by atoms with Gasteiger partial charge >= 0.3 is 0 Å². The first-order valence-electron chi connectivity index (χ1n) is 9.25. The van der Waals surface area contributed by atoms with Gasteiger partial charge in [-0.2, -0.15) is 10.2 Å². The molecule has 1 amide bonds. The molecule has 9 heteroatoms. The minimum Gasteiger partial charge on any atom is -0.375 e. The van der Waals surface area contributed by atoms with Crippen LogP contribution in [0.15, 0.2) is 48.8 Å². The molecule has 0 aliphatic heterocycles. The molecular formula is C20H21N7O2. The van der Waals surface area contributed by atoms with Gasteiger partial charge < -0.3 is 10.1 Å². The van der Waals surface area contributed by atoms with E-state index in [2.05, 4.69) is 25.7 Å². The van der Waals surface area contributed by atoms with Gasteiger partial charge in [-0.05, 0) is 19.4 Å². The molecule has 1 aromatic carbocycles. The van der Waals surface area contributed by atoms with Crippen molar-refractivity contribution in [3.05, 3.63) is 71.4 Å². The summed E-state index contributed by atoms with van der Waals surface area (Å²) >= 11 is 0. The lowest BCUT2D eigenvalue weighted by molar-refractivity contribution is 0.102. The van der Waals surface area contributed by atoms with Gasteiger partial charge in [0.15, 0.2) is 11.3 Å². The number of hydrogen-bond acceptors (Lipinski definition) is 6. The molecule has 4 aromatic rings. The van der Waals surface area contributed by atoms with Crippen LogP contribution in [0.4, 0.5) is 5.69 Å². The van der Waals surface area contributed by atoms with Crippen molar-refractivity contribution in [3.8, 4) is 0 Å². The van der Waals surface area contributed by atoms with Crippen LogP contribution in [-0.2, 0) is 17.9 Å². The molecule has 3 heterocycles. The number of amides is 1. The Balaban J connectivity index is 1.34. The fourth-order valence-electron chi connectivity index (χ4n) is 2.95. The zero-order valence-electron chi connectivity index (χ0n) is 16.2. The van der Waals surface area contributed by atoms with Crippen molar-refractivity contribution in [2.75, 3.05) is 11.9 Å². The zero-order valence-corrected chi connectivity index (χ0v) is 16.2. The van der Waals surface area contributed by atoms with Gasteiger partial charge in [0.1, 0.15) is 0 Å². The van der Waals surface area contributed by atoms with Crippen molar-refractivity contribution >= 4 is 17.2 Å². The second-order valence-corrected chi connectivity index (χ2v) is 6.67. The molecule has 0 spiro atoms. The molecule has 0 aliphatic rings. The number of fused-ring (bicyclic) bond motifs is 1. The summed E-state index contributed by atoms with van der Waals surface area (Å²) in [5.41, 5.74) is 3.98. The Bertz CT molecular complexity index is 1130. The molecule has 0 unspecified atom stereocenters. The maximum atomic E-state index is 12.6. The van der Waals surface area contributed by atoms with Crippen LogP contribution in [0, 0.1) is 13.8 Å². The van der Waals surface area contributed by atoms with E-state index < -0.39 is 0 Å². The Kier molecular flexibility index (Phi) is 5.30. The Hall–Kier alpha value is -3.59. The number of aryl methyl sites for hydroxylation is 2. The average molecular weight is 391 g/mol. The van der Waals surface area contributed by atoms with E-state index in [0.717, 1.165) is 11.3 Å². The molecule has 29 heavy (non-hydrogen) atoms. The largest absolute Gasteiger partial charge is 0.375 e. The SMILES string of the molecule is Cc1cc2nnc(C(=O)Nc3cnn(CCOCc4ccccc4)c3)c(C)n2n1. The first kappa shape index (κ1) is 18.8. The van der Waals surface area contributed by atoms with Crippen LogP contribution < -0.4 is 5.32 Å². The summed E-state index contributed by atoms with van der Waals surface area (Å²) < 4.78 is 9.00. The second-order valence-electron chi connectivity index (χ2n) is 6.67. The van der Waals surface area contributed by atoms with E-state index in [1.807, 2.05) is 43.3 Å². The molecule has 0 atom stereocenters. The summed E-state index contributed by atoms with van der Waals surface area (Å²) in [4.78, 5) is 12.6. The molecule has 0 radical (unpaired) electrons. The van der Waals surface area contributed by atoms with Crippen molar-refractivity contribution < 1.29 is 9.53 Å². The number of hydrogen-bond donors (Lipinski definition) is 1. The summed E-state index contributed by atoms with van der Waals surface area (Å²) in [5.74, 6) is -0.357. The van der Waals surface area contributed by atoms with E-state index in [4.69, 9.17) is 4.74 Å².